The predicted octanol–water partition coefficient (Wildman–Crippen LogP) is 3.42. The Morgan fingerprint density at radius 3 is 2.33 bits per heavy atom. The quantitative estimate of drug-likeness (QED) is 0.571. The number of sulfonamides is 1. The summed E-state index contributed by atoms with van der Waals surface area (Å²) in [6.45, 7) is 0. The SMILES string of the molecule is CNS(=O)(=O)c1ccc(C(=O)Nc2ccc3c(c2)Cc2ccccc2-3)cc1. The highest BCUT2D eigenvalue weighted by atomic mass is 32.2. The molecule has 0 radical (unpaired) electrons. The van der Waals surface area contributed by atoms with E-state index in [9.17, 15) is 13.2 Å². The molecule has 0 saturated carbocycles. The van der Waals surface area contributed by atoms with E-state index < -0.39 is 10.0 Å². The highest BCUT2D eigenvalue weighted by molar-refractivity contribution is 7.89. The van der Waals surface area contributed by atoms with Crippen LogP contribution in [0.5, 0.6) is 0 Å². The molecule has 136 valence electrons. The molecule has 4 rings (SSSR count). The third kappa shape index (κ3) is 3.25. The van der Waals surface area contributed by atoms with E-state index >= 15 is 0 Å². The first-order valence-electron chi connectivity index (χ1n) is 8.54. The van der Waals surface area contributed by atoms with E-state index in [4.69, 9.17) is 0 Å². The van der Waals surface area contributed by atoms with Gasteiger partial charge in [0, 0.05) is 11.3 Å². The van der Waals surface area contributed by atoms with E-state index in [-0.39, 0.29) is 10.8 Å². The third-order valence-corrected chi connectivity index (χ3v) is 6.18. The molecular weight excluding hydrogens is 360 g/mol. The minimum absolute atomic E-state index is 0.122. The first kappa shape index (κ1) is 17.5. The molecule has 0 fully saturated rings. The van der Waals surface area contributed by atoms with Gasteiger partial charge in [-0.2, -0.15) is 0 Å². The molecule has 3 aromatic carbocycles. The molecule has 27 heavy (non-hydrogen) atoms. The van der Waals surface area contributed by atoms with Gasteiger partial charge in [-0.3, -0.25) is 4.79 Å². The molecular formula is C21H18N2O3S. The van der Waals surface area contributed by atoms with E-state index in [0.29, 0.717) is 5.56 Å². The highest BCUT2D eigenvalue weighted by Gasteiger charge is 2.18. The van der Waals surface area contributed by atoms with Crippen molar-refractivity contribution in [2.24, 2.45) is 0 Å². The van der Waals surface area contributed by atoms with Crippen LogP contribution in [0.3, 0.4) is 0 Å². The maximum Gasteiger partial charge on any atom is 0.255 e. The second kappa shape index (κ2) is 6.64. The molecule has 0 aliphatic heterocycles. The number of carbonyl (C=O) groups excluding carboxylic acids is 1. The minimum atomic E-state index is -3.51. The Labute approximate surface area is 158 Å². The Morgan fingerprint density at radius 2 is 1.59 bits per heavy atom. The monoisotopic (exact) mass is 378 g/mol. The zero-order valence-corrected chi connectivity index (χ0v) is 15.5. The van der Waals surface area contributed by atoms with Crippen molar-refractivity contribution in [1.82, 2.24) is 4.72 Å². The summed E-state index contributed by atoms with van der Waals surface area (Å²) in [6.07, 6.45) is 0.853. The van der Waals surface area contributed by atoms with Gasteiger partial charge in [0.25, 0.3) is 5.91 Å². The molecule has 0 saturated heterocycles. The van der Waals surface area contributed by atoms with Gasteiger partial charge in [0.05, 0.1) is 4.90 Å². The summed E-state index contributed by atoms with van der Waals surface area (Å²) >= 11 is 0. The number of fused-ring (bicyclic) bond motifs is 3. The van der Waals surface area contributed by atoms with Crippen LogP contribution in [0.15, 0.2) is 71.6 Å². The summed E-state index contributed by atoms with van der Waals surface area (Å²) in [4.78, 5) is 12.6. The molecule has 6 heteroatoms. The average Bonchev–Trinajstić information content (AvgIpc) is 3.05. The number of rotatable bonds is 4. The zero-order chi connectivity index (χ0) is 19.0. The molecule has 1 amide bonds. The molecule has 2 N–H and O–H groups in total. The van der Waals surface area contributed by atoms with Crippen LogP contribution in [0.4, 0.5) is 5.69 Å². The van der Waals surface area contributed by atoms with Gasteiger partial charge < -0.3 is 5.32 Å². The van der Waals surface area contributed by atoms with Crippen LogP contribution in [0.2, 0.25) is 0 Å². The number of anilines is 1. The van der Waals surface area contributed by atoms with Gasteiger partial charge >= 0.3 is 0 Å². The van der Waals surface area contributed by atoms with Gasteiger partial charge in [-0.1, -0.05) is 30.3 Å². The lowest BCUT2D eigenvalue weighted by Gasteiger charge is -2.09. The van der Waals surface area contributed by atoms with Crippen molar-refractivity contribution >= 4 is 21.6 Å². The van der Waals surface area contributed by atoms with E-state index in [0.717, 1.165) is 12.1 Å². The molecule has 1 aliphatic carbocycles. The van der Waals surface area contributed by atoms with Gasteiger partial charge in [-0.05, 0) is 72.1 Å². The van der Waals surface area contributed by atoms with Crippen molar-refractivity contribution in [2.45, 2.75) is 11.3 Å². The molecule has 0 atom stereocenters. The van der Waals surface area contributed by atoms with E-state index in [1.807, 2.05) is 30.3 Å². The number of benzene rings is 3. The lowest BCUT2D eigenvalue weighted by atomic mass is 10.1. The molecule has 0 aromatic heterocycles. The van der Waals surface area contributed by atoms with Crippen LogP contribution in [0.25, 0.3) is 11.1 Å². The summed E-state index contributed by atoms with van der Waals surface area (Å²) in [7, 11) is -2.16. The first-order chi connectivity index (χ1) is 13.0. The zero-order valence-electron chi connectivity index (χ0n) is 14.7. The van der Waals surface area contributed by atoms with Crippen molar-refractivity contribution in [2.75, 3.05) is 12.4 Å². The Balaban J connectivity index is 1.53. The average molecular weight is 378 g/mol. The number of nitrogens with one attached hydrogen (secondary N) is 2. The molecule has 0 unspecified atom stereocenters. The Morgan fingerprint density at radius 1 is 0.889 bits per heavy atom. The maximum atomic E-state index is 12.5. The van der Waals surface area contributed by atoms with Crippen molar-refractivity contribution in [1.29, 1.82) is 0 Å². The van der Waals surface area contributed by atoms with Gasteiger partial charge in [-0.15, -0.1) is 0 Å². The van der Waals surface area contributed by atoms with Gasteiger partial charge in [0.2, 0.25) is 10.0 Å². The van der Waals surface area contributed by atoms with Gasteiger partial charge in [-0.25, -0.2) is 13.1 Å². The molecule has 3 aromatic rings. The van der Waals surface area contributed by atoms with Gasteiger partial charge in [0.15, 0.2) is 0 Å². The van der Waals surface area contributed by atoms with Crippen LogP contribution >= 0.6 is 0 Å². The number of carbonyl (C=O) groups is 1. The fraction of sp³-hybridized carbons (Fsp3) is 0.0952. The second-order valence-electron chi connectivity index (χ2n) is 6.39. The summed E-state index contributed by atoms with van der Waals surface area (Å²) in [5, 5.41) is 2.88. The minimum Gasteiger partial charge on any atom is -0.322 e. The van der Waals surface area contributed by atoms with Crippen LogP contribution in [0, 0.1) is 0 Å². The standard InChI is InChI=1S/C21H18N2O3S/c1-22-27(25,26)18-9-6-14(7-10-18)21(24)23-17-8-11-20-16(13-17)12-15-4-2-3-5-19(15)20/h2-11,13,22H,12H2,1H3,(H,23,24). The molecule has 0 bridgehead atoms. The largest absolute Gasteiger partial charge is 0.322 e. The summed E-state index contributed by atoms with van der Waals surface area (Å²) in [6, 6.07) is 20.0. The summed E-state index contributed by atoms with van der Waals surface area (Å²) < 4.78 is 25.8. The van der Waals surface area contributed by atoms with E-state index in [1.165, 1.54) is 53.6 Å². The smallest absolute Gasteiger partial charge is 0.255 e. The second-order valence-corrected chi connectivity index (χ2v) is 8.28. The van der Waals surface area contributed by atoms with Crippen molar-refractivity contribution in [3.05, 3.63) is 83.4 Å². The van der Waals surface area contributed by atoms with Crippen LogP contribution in [-0.2, 0) is 16.4 Å². The highest BCUT2D eigenvalue weighted by Crippen LogP contribution is 2.37. The van der Waals surface area contributed by atoms with Crippen molar-refractivity contribution in [3.63, 3.8) is 0 Å². The van der Waals surface area contributed by atoms with Crippen LogP contribution in [0.1, 0.15) is 21.5 Å². The summed E-state index contributed by atoms with van der Waals surface area (Å²) in [5.41, 5.74) is 6.03. The Hall–Kier alpha value is -2.96. The first-order valence-corrected chi connectivity index (χ1v) is 10.0. The van der Waals surface area contributed by atoms with E-state index in [2.05, 4.69) is 22.2 Å². The summed E-state index contributed by atoms with van der Waals surface area (Å²) in [5.74, 6) is -0.279. The lowest BCUT2D eigenvalue weighted by molar-refractivity contribution is 0.102. The Bertz CT molecular complexity index is 1140. The number of amides is 1. The van der Waals surface area contributed by atoms with Gasteiger partial charge in [0.1, 0.15) is 0 Å². The molecule has 1 aliphatic rings. The fourth-order valence-electron chi connectivity index (χ4n) is 3.33. The maximum absolute atomic E-state index is 12.5. The van der Waals surface area contributed by atoms with Crippen molar-refractivity contribution in [3.8, 4) is 11.1 Å². The molecule has 5 nitrogen and oxygen atoms in total. The lowest BCUT2D eigenvalue weighted by Crippen LogP contribution is -2.19. The Kier molecular flexibility index (Phi) is 4.30. The van der Waals surface area contributed by atoms with Crippen LogP contribution < -0.4 is 10.0 Å². The topological polar surface area (TPSA) is 75.3 Å². The molecule has 0 heterocycles. The number of hydrogen-bond acceptors (Lipinski definition) is 3. The van der Waals surface area contributed by atoms with E-state index in [1.54, 1.807) is 0 Å². The third-order valence-electron chi connectivity index (χ3n) is 4.75. The van der Waals surface area contributed by atoms with Crippen LogP contribution in [-0.4, -0.2) is 21.4 Å². The normalized spacial score (nSPS) is 12.3. The fourth-order valence-corrected chi connectivity index (χ4v) is 4.06. The van der Waals surface area contributed by atoms with Crippen molar-refractivity contribution < 1.29 is 13.2 Å². The predicted molar refractivity (Wildman–Crippen MR) is 105 cm³/mol. The number of hydrogen-bond donors (Lipinski definition) is 2. The molecule has 0 spiro atoms.